The molecule has 0 aliphatic rings. The Kier molecular flexibility index (Phi) is 7.86. The average Bonchev–Trinajstić information content (AvgIpc) is 3.04. The highest BCUT2D eigenvalue weighted by atomic mass is 35.5. The fraction of sp³-hybridized carbons (Fsp3) is 0.389. The molecule has 23 heavy (non-hydrogen) atoms. The number of carbonyl (C=O) groups excluding carboxylic acids is 1. The molecule has 0 bridgehead atoms. The van der Waals surface area contributed by atoms with Gasteiger partial charge in [0, 0.05) is 12.6 Å². The Balaban J connectivity index is 0.00000264. The minimum Gasteiger partial charge on any atom is -0.467 e. The molecule has 1 amide bonds. The van der Waals surface area contributed by atoms with E-state index >= 15 is 0 Å². The summed E-state index contributed by atoms with van der Waals surface area (Å²) < 4.78 is 5.29. The van der Waals surface area contributed by atoms with Gasteiger partial charge < -0.3 is 15.1 Å². The molecule has 2 N–H and O–H groups in total. The van der Waals surface area contributed by atoms with Gasteiger partial charge in [-0.1, -0.05) is 37.3 Å². The largest absolute Gasteiger partial charge is 0.467 e. The Morgan fingerprint density at radius 1 is 1.26 bits per heavy atom. The third-order valence-corrected chi connectivity index (χ3v) is 3.93. The third kappa shape index (κ3) is 4.85. The van der Waals surface area contributed by atoms with E-state index in [1.807, 2.05) is 30.0 Å². The highest BCUT2D eigenvalue weighted by Crippen LogP contribution is 2.17. The molecule has 0 spiro atoms. The van der Waals surface area contributed by atoms with Gasteiger partial charge in [-0.2, -0.15) is 0 Å². The van der Waals surface area contributed by atoms with Crippen LogP contribution in [0.25, 0.3) is 0 Å². The van der Waals surface area contributed by atoms with E-state index in [4.69, 9.17) is 10.2 Å². The van der Waals surface area contributed by atoms with Crippen LogP contribution in [-0.2, 0) is 13.0 Å². The van der Waals surface area contributed by atoms with Crippen molar-refractivity contribution in [3.63, 3.8) is 0 Å². The summed E-state index contributed by atoms with van der Waals surface area (Å²) in [5, 5.41) is 0. The first-order valence-corrected chi connectivity index (χ1v) is 7.81. The molecule has 0 fully saturated rings. The number of hydrogen-bond donors (Lipinski definition) is 1. The molecule has 0 saturated carbocycles. The van der Waals surface area contributed by atoms with Crippen LogP contribution < -0.4 is 5.73 Å². The van der Waals surface area contributed by atoms with Gasteiger partial charge in [0.2, 0.25) is 0 Å². The van der Waals surface area contributed by atoms with Crippen molar-refractivity contribution >= 4 is 18.3 Å². The van der Waals surface area contributed by atoms with Gasteiger partial charge in [-0.3, -0.25) is 4.79 Å². The number of nitrogens with zero attached hydrogens (tertiary/aromatic N) is 1. The van der Waals surface area contributed by atoms with Crippen molar-refractivity contribution in [1.29, 1.82) is 0 Å². The number of benzene rings is 1. The maximum Gasteiger partial charge on any atom is 0.257 e. The molecule has 2 rings (SSSR count). The molecule has 1 unspecified atom stereocenters. The van der Waals surface area contributed by atoms with Crippen molar-refractivity contribution in [3.05, 3.63) is 59.5 Å². The number of amides is 1. The second-order valence-corrected chi connectivity index (χ2v) is 5.35. The number of rotatable bonds is 7. The lowest BCUT2D eigenvalue weighted by atomic mass is 10.0. The van der Waals surface area contributed by atoms with Crippen LogP contribution in [0.3, 0.4) is 0 Å². The van der Waals surface area contributed by atoms with E-state index in [0.29, 0.717) is 24.4 Å². The Morgan fingerprint density at radius 3 is 2.48 bits per heavy atom. The molecule has 0 saturated heterocycles. The molecular formula is C18H25ClN2O2. The second kappa shape index (κ2) is 9.38. The fourth-order valence-electron chi connectivity index (χ4n) is 2.69. The van der Waals surface area contributed by atoms with Crippen LogP contribution in [-0.4, -0.2) is 23.4 Å². The van der Waals surface area contributed by atoms with Crippen molar-refractivity contribution < 1.29 is 9.21 Å². The normalized spacial score (nSPS) is 11.6. The van der Waals surface area contributed by atoms with E-state index in [0.717, 1.165) is 12.8 Å². The van der Waals surface area contributed by atoms with E-state index in [2.05, 4.69) is 19.1 Å². The SMILES string of the molecule is CCC(Cc1ccccc1)N(CC)C(=O)c1coc(CN)c1.Cl. The fourth-order valence-corrected chi connectivity index (χ4v) is 2.69. The summed E-state index contributed by atoms with van der Waals surface area (Å²) in [6.07, 6.45) is 3.27. The maximum atomic E-state index is 12.7. The van der Waals surface area contributed by atoms with Gasteiger partial charge in [-0.15, -0.1) is 12.4 Å². The summed E-state index contributed by atoms with van der Waals surface area (Å²) >= 11 is 0. The Hall–Kier alpha value is -1.78. The van der Waals surface area contributed by atoms with Crippen LogP contribution in [0.1, 0.15) is 41.9 Å². The monoisotopic (exact) mass is 336 g/mol. The Labute approximate surface area is 144 Å². The number of likely N-dealkylation sites (N-methyl/N-ethyl adjacent to an activating group) is 1. The zero-order valence-electron chi connectivity index (χ0n) is 13.7. The molecule has 5 heteroatoms. The molecule has 4 nitrogen and oxygen atoms in total. The van der Waals surface area contributed by atoms with E-state index in [-0.39, 0.29) is 24.4 Å². The second-order valence-electron chi connectivity index (χ2n) is 5.35. The van der Waals surface area contributed by atoms with Crippen molar-refractivity contribution in [2.24, 2.45) is 5.73 Å². The van der Waals surface area contributed by atoms with Crippen molar-refractivity contribution in [1.82, 2.24) is 4.90 Å². The highest BCUT2D eigenvalue weighted by molar-refractivity contribution is 5.94. The van der Waals surface area contributed by atoms with Gasteiger partial charge in [0.25, 0.3) is 5.91 Å². The number of furan rings is 1. The van der Waals surface area contributed by atoms with Crippen molar-refractivity contribution in [2.75, 3.05) is 6.54 Å². The predicted molar refractivity (Wildman–Crippen MR) is 94.8 cm³/mol. The smallest absolute Gasteiger partial charge is 0.257 e. The van der Waals surface area contributed by atoms with Gasteiger partial charge in [0.05, 0.1) is 12.1 Å². The van der Waals surface area contributed by atoms with Gasteiger partial charge >= 0.3 is 0 Å². The first-order chi connectivity index (χ1) is 10.7. The number of nitrogens with two attached hydrogens (primary N) is 1. The number of halogens is 1. The molecule has 1 aromatic carbocycles. The predicted octanol–water partition coefficient (Wildman–Crippen LogP) is 3.64. The van der Waals surface area contributed by atoms with Crippen LogP contribution in [0, 0.1) is 0 Å². The molecule has 126 valence electrons. The lowest BCUT2D eigenvalue weighted by Gasteiger charge is -2.30. The molecule has 0 aliphatic heterocycles. The van der Waals surface area contributed by atoms with Crippen LogP contribution in [0.4, 0.5) is 0 Å². The summed E-state index contributed by atoms with van der Waals surface area (Å²) in [6, 6.07) is 12.2. The zero-order valence-corrected chi connectivity index (χ0v) is 14.5. The van der Waals surface area contributed by atoms with Gasteiger partial charge in [-0.05, 0) is 31.4 Å². The van der Waals surface area contributed by atoms with E-state index < -0.39 is 0 Å². The minimum absolute atomic E-state index is 0. The standard InChI is InChI=1S/C18H24N2O2.ClH/c1-3-16(10-14-8-6-5-7-9-14)20(4-2)18(21)15-11-17(12-19)22-13-15;/h5-9,11,13,16H,3-4,10,12,19H2,1-2H3;1H. The summed E-state index contributed by atoms with van der Waals surface area (Å²) in [5.74, 6) is 0.643. The van der Waals surface area contributed by atoms with E-state index in [1.165, 1.54) is 11.8 Å². The molecule has 0 radical (unpaired) electrons. The quantitative estimate of drug-likeness (QED) is 0.839. The van der Waals surface area contributed by atoms with Crippen LogP contribution in [0.5, 0.6) is 0 Å². The first kappa shape index (κ1) is 19.3. The Bertz CT molecular complexity index is 598. The Morgan fingerprint density at radius 2 is 1.96 bits per heavy atom. The highest BCUT2D eigenvalue weighted by Gasteiger charge is 2.23. The molecule has 0 aliphatic carbocycles. The van der Waals surface area contributed by atoms with Gasteiger partial charge in [-0.25, -0.2) is 0 Å². The van der Waals surface area contributed by atoms with Gasteiger partial charge in [0.1, 0.15) is 12.0 Å². The van der Waals surface area contributed by atoms with E-state index in [1.54, 1.807) is 6.07 Å². The summed E-state index contributed by atoms with van der Waals surface area (Å²) in [6.45, 7) is 5.10. The van der Waals surface area contributed by atoms with Crippen molar-refractivity contribution in [3.8, 4) is 0 Å². The molecule has 1 heterocycles. The zero-order chi connectivity index (χ0) is 15.9. The molecular weight excluding hydrogens is 312 g/mol. The van der Waals surface area contributed by atoms with Crippen LogP contribution in [0.2, 0.25) is 0 Å². The molecule has 2 aromatic rings. The lowest BCUT2D eigenvalue weighted by molar-refractivity contribution is 0.0683. The van der Waals surface area contributed by atoms with Crippen LogP contribution >= 0.6 is 12.4 Å². The lowest BCUT2D eigenvalue weighted by Crippen LogP contribution is -2.41. The number of carbonyl (C=O) groups is 1. The molecule has 1 atom stereocenters. The van der Waals surface area contributed by atoms with Crippen molar-refractivity contribution in [2.45, 2.75) is 39.3 Å². The summed E-state index contributed by atoms with van der Waals surface area (Å²) in [4.78, 5) is 14.6. The maximum absolute atomic E-state index is 12.7. The molecule has 1 aromatic heterocycles. The summed E-state index contributed by atoms with van der Waals surface area (Å²) in [7, 11) is 0. The summed E-state index contributed by atoms with van der Waals surface area (Å²) in [5.41, 5.74) is 7.36. The van der Waals surface area contributed by atoms with E-state index in [9.17, 15) is 4.79 Å². The van der Waals surface area contributed by atoms with Gasteiger partial charge in [0.15, 0.2) is 0 Å². The third-order valence-electron chi connectivity index (χ3n) is 3.93. The average molecular weight is 337 g/mol. The first-order valence-electron chi connectivity index (χ1n) is 7.81. The minimum atomic E-state index is 0. The van der Waals surface area contributed by atoms with Crippen LogP contribution in [0.15, 0.2) is 47.1 Å². The topological polar surface area (TPSA) is 59.5 Å². The number of hydrogen-bond acceptors (Lipinski definition) is 3.